The van der Waals surface area contributed by atoms with E-state index in [0.29, 0.717) is 34.8 Å². The number of ketones is 1. The molecule has 0 aromatic carbocycles. The number of fused-ring (bicyclic) bond motifs is 1. The molecule has 0 saturated heterocycles. The van der Waals surface area contributed by atoms with E-state index in [1.54, 1.807) is 0 Å². The number of Topliss-reactive ketones (excluding diaryl/α,β-unsaturated/α-hetero) is 1. The number of nitrogens with one attached hydrogen (secondary N) is 1. The minimum atomic E-state index is -0.164. The molecule has 2 aromatic rings. The fourth-order valence-corrected chi connectivity index (χ4v) is 3.54. The lowest BCUT2D eigenvalue weighted by molar-refractivity contribution is -0.120. The molecule has 0 bridgehead atoms. The van der Waals surface area contributed by atoms with Gasteiger partial charge in [-0.2, -0.15) is 0 Å². The van der Waals surface area contributed by atoms with E-state index in [1.165, 1.54) is 0 Å². The summed E-state index contributed by atoms with van der Waals surface area (Å²) in [7, 11) is 0. The highest BCUT2D eigenvalue weighted by atomic mass is 16.5. The summed E-state index contributed by atoms with van der Waals surface area (Å²) < 4.78 is 11.0. The van der Waals surface area contributed by atoms with Gasteiger partial charge in [0.05, 0.1) is 24.2 Å². The molecule has 0 saturated carbocycles. The van der Waals surface area contributed by atoms with E-state index in [-0.39, 0.29) is 30.1 Å². The summed E-state index contributed by atoms with van der Waals surface area (Å²) in [6, 6.07) is 1.86. The summed E-state index contributed by atoms with van der Waals surface area (Å²) in [5, 5.41) is 6.80. The zero-order valence-corrected chi connectivity index (χ0v) is 15.9. The van der Waals surface area contributed by atoms with Crippen LogP contribution in [0, 0.1) is 12.3 Å². The first kappa shape index (κ1) is 18.4. The van der Waals surface area contributed by atoms with Crippen molar-refractivity contribution in [2.75, 3.05) is 0 Å². The molecule has 0 spiro atoms. The van der Waals surface area contributed by atoms with Crippen molar-refractivity contribution >= 4 is 11.7 Å². The molecule has 0 fully saturated rings. The Labute approximate surface area is 153 Å². The maximum Gasteiger partial charge on any atom is 0.224 e. The first-order valence-electron chi connectivity index (χ1n) is 9.14. The summed E-state index contributed by atoms with van der Waals surface area (Å²) in [6.45, 7) is 8.29. The Balaban J connectivity index is 1.66. The van der Waals surface area contributed by atoms with Crippen LogP contribution >= 0.6 is 0 Å². The number of rotatable bonds is 6. The molecule has 1 aliphatic rings. The number of nitrogens with zero attached hydrogens (tertiary/aromatic N) is 1. The molecule has 0 radical (unpaired) electrons. The largest absolute Gasteiger partial charge is 0.465 e. The number of hydrogen-bond acceptors (Lipinski definition) is 5. The number of carbonyl (C=O) groups excluding carboxylic acids is 2. The van der Waals surface area contributed by atoms with Crippen molar-refractivity contribution in [3.8, 4) is 0 Å². The SMILES string of the molecule is CCCc1cc(CNC(=O)Cc2c(C)oc3c2C(=O)CC(C)(C)C3)on1. The molecule has 6 heteroatoms. The molecule has 6 nitrogen and oxygen atoms in total. The van der Waals surface area contributed by atoms with Gasteiger partial charge in [-0.3, -0.25) is 9.59 Å². The molecule has 140 valence electrons. The Morgan fingerprint density at radius 3 is 2.85 bits per heavy atom. The molecule has 3 rings (SSSR count). The van der Waals surface area contributed by atoms with Gasteiger partial charge in [-0.25, -0.2) is 0 Å². The smallest absolute Gasteiger partial charge is 0.224 e. The van der Waals surface area contributed by atoms with Crippen molar-refractivity contribution in [3.63, 3.8) is 0 Å². The van der Waals surface area contributed by atoms with Crippen LogP contribution < -0.4 is 5.32 Å². The van der Waals surface area contributed by atoms with Crippen molar-refractivity contribution in [3.05, 3.63) is 40.2 Å². The standard InChI is InChI=1S/C20H26N2O4/c1-5-6-13-7-14(26-22-13)11-21-18(24)8-15-12(2)25-17-10-20(3,4)9-16(23)19(15)17/h7H,5-6,8-11H2,1-4H3,(H,21,24). The van der Waals surface area contributed by atoms with Crippen LogP contribution in [0.4, 0.5) is 0 Å². The predicted octanol–water partition coefficient (Wildman–Crippen LogP) is 3.54. The fraction of sp³-hybridized carbons (Fsp3) is 0.550. The molecule has 0 atom stereocenters. The average molecular weight is 358 g/mol. The van der Waals surface area contributed by atoms with Crippen LogP contribution in [0.2, 0.25) is 0 Å². The maximum absolute atomic E-state index is 12.5. The van der Waals surface area contributed by atoms with Crippen LogP contribution in [-0.4, -0.2) is 16.8 Å². The summed E-state index contributed by atoms with van der Waals surface area (Å²) in [4.78, 5) is 24.9. The van der Waals surface area contributed by atoms with Crippen LogP contribution in [-0.2, 0) is 30.6 Å². The number of amides is 1. The minimum absolute atomic E-state index is 0.0651. The molecule has 0 unspecified atom stereocenters. The van der Waals surface area contributed by atoms with Gasteiger partial charge >= 0.3 is 0 Å². The van der Waals surface area contributed by atoms with Crippen LogP contribution in [0.3, 0.4) is 0 Å². The number of aryl methyl sites for hydroxylation is 2. The Morgan fingerprint density at radius 2 is 2.12 bits per heavy atom. The molecule has 1 amide bonds. The van der Waals surface area contributed by atoms with Crippen molar-refractivity contribution in [2.24, 2.45) is 5.41 Å². The lowest BCUT2D eigenvalue weighted by atomic mass is 9.75. The predicted molar refractivity (Wildman–Crippen MR) is 95.9 cm³/mol. The highest BCUT2D eigenvalue weighted by Gasteiger charge is 2.36. The quantitative estimate of drug-likeness (QED) is 0.853. The lowest BCUT2D eigenvalue weighted by Gasteiger charge is -2.27. The van der Waals surface area contributed by atoms with E-state index in [9.17, 15) is 9.59 Å². The number of furan rings is 1. The Kier molecular flexibility index (Phi) is 5.03. The van der Waals surface area contributed by atoms with Gasteiger partial charge in [0.25, 0.3) is 0 Å². The van der Waals surface area contributed by atoms with Gasteiger partial charge in [0, 0.05) is 24.5 Å². The zero-order valence-electron chi connectivity index (χ0n) is 15.9. The minimum Gasteiger partial charge on any atom is -0.465 e. The van der Waals surface area contributed by atoms with E-state index in [0.717, 1.165) is 25.0 Å². The van der Waals surface area contributed by atoms with Gasteiger partial charge in [-0.15, -0.1) is 0 Å². The second-order valence-electron chi connectivity index (χ2n) is 7.86. The number of hydrogen-bond donors (Lipinski definition) is 1. The maximum atomic E-state index is 12.5. The van der Waals surface area contributed by atoms with Gasteiger partial charge in [0.1, 0.15) is 11.5 Å². The topological polar surface area (TPSA) is 85.3 Å². The van der Waals surface area contributed by atoms with E-state index in [2.05, 4.69) is 31.2 Å². The van der Waals surface area contributed by atoms with Crippen molar-refractivity contribution in [1.82, 2.24) is 10.5 Å². The molecule has 0 aliphatic heterocycles. The fourth-order valence-electron chi connectivity index (χ4n) is 3.54. The van der Waals surface area contributed by atoms with E-state index < -0.39 is 0 Å². The lowest BCUT2D eigenvalue weighted by Crippen LogP contribution is -2.28. The van der Waals surface area contributed by atoms with Crippen LogP contribution in [0.25, 0.3) is 0 Å². The summed E-state index contributed by atoms with van der Waals surface area (Å²) >= 11 is 0. The van der Waals surface area contributed by atoms with Crippen molar-refractivity contribution in [1.29, 1.82) is 0 Å². The monoisotopic (exact) mass is 358 g/mol. The molecular weight excluding hydrogens is 332 g/mol. The number of aromatic nitrogens is 1. The highest BCUT2D eigenvalue weighted by molar-refractivity contribution is 6.01. The van der Waals surface area contributed by atoms with E-state index in [4.69, 9.17) is 8.94 Å². The molecular formula is C20H26N2O4. The Bertz CT molecular complexity index is 829. The average Bonchev–Trinajstić information content (AvgIpc) is 3.09. The Hall–Kier alpha value is -2.37. The van der Waals surface area contributed by atoms with E-state index >= 15 is 0 Å². The van der Waals surface area contributed by atoms with Crippen molar-refractivity contribution < 1.29 is 18.5 Å². The second-order valence-corrected chi connectivity index (χ2v) is 7.86. The van der Waals surface area contributed by atoms with Gasteiger partial charge in [-0.05, 0) is 18.8 Å². The molecule has 2 heterocycles. The third kappa shape index (κ3) is 3.89. The van der Waals surface area contributed by atoms with Crippen LogP contribution in [0.15, 0.2) is 15.0 Å². The first-order chi connectivity index (χ1) is 12.3. The molecule has 1 N–H and O–H groups in total. The van der Waals surface area contributed by atoms with E-state index in [1.807, 2.05) is 13.0 Å². The molecule has 2 aromatic heterocycles. The number of carbonyl (C=O) groups is 2. The van der Waals surface area contributed by atoms with Gasteiger partial charge in [-0.1, -0.05) is 32.3 Å². The summed E-state index contributed by atoms with van der Waals surface area (Å²) in [5.41, 5.74) is 2.12. The zero-order chi connectivity index (χ0) is 18.9. The van der Waals surface area contributed by atoms with Crippen molar-refractivity contribution in [2.45, 2.75) is 66.3 Å². The second kappa shape index (κ2) is 7.09. The normalized spacial score (nSPS) is 15.8. The highest BCUT2D eigenvalue weighted by Crippen LogP contribution is 2.38. The summed E-state index contributed by atoms with van der Waals surface area (Å²) in [5.74, 6) is 1.90. The Morgan fingerprint density at radius 1 is 1.35 bits per heavy atom. The third-order valence-corrected chi connectivity index (χ3v) is 4.75. The van der Waals surface area contributed by atoms with Gasteiger partial charge in [0.15, 0.2) is 11.5 Å². The first-order valence-corrected chi connectivity index (χ1v) is 9.14. The van der Waals surface area contributed by atoms with Crippen LogP contribution in [0.5, 0.6) is 0 Å². The van der Waals surface area contributed by atoms with Gasteiger partial charge in [0.2, 0.25) is 5.91 Å². The molecule has 26 heavy (non-hydrogen) atoms. The van der Waals surface area contributed by atoms with Gasteiger partial charge < -0.3 is 14.3 Å². The van der Waals surface area contributed by atoms with Crippen LogP contribution in [0.1, 0.15) is 72.5 Å². The third-order valence-electron chi connectivity index (χ3n) is 4.75. The molecule has 1 aliphatic carbocycles. The summed E-state index contributed by atoms with van der Waals surface area (Å²) in [6.07, 6.45) is 3.18.